The van der Waals surface area contributed by atoms with Crippen LogP contribution in [-0.2, 0) is 4.79 Å². The van der Waals surface area contributed by atoms with E-state index in [1.165, 1.54) is 0 Å². The molecule has 3 nitrogen and oxygen atoms in total. The summed E-state index contributed by atoms with van der Waals surface area (Å²) in [5.74, 6) is 0.596. The number of thioether (sulfide) groups is 1. The molecule has 1 aliphatic heterocycles. The highest BCUT2D eigenvalue weighted by Gasteiger charge is 2.29. The van der Waals surface area contributed by atoms with Crippen LogP contribution in [0.25, 0.3) is 0 Å². The Hall–Kier alpha value is -0.710. The number of carbonyl (C=O) groups excluding carboxylic acids is 1. The van der Waals surface area contributed by atoms with Crippen molar-refractivity contribution in [3.63, 3.8) is 0 Å². The summed E-state index contributed by atoms with van der Waals surface area (Å²) in [7, 11) is 0. The van der Waals surface area contributed by atoms with Crippen LogP contribution in [0.5, 0.6) is 0 Å². The van der Waals surface area contributed by atoms with Crippen LogP contribution >= 0.6 is 23.4 Å². The Labute approximate surface area is 103 Å². The zero-order chi connectivity index (χ0) is 11.7. The lowest BCUT2D eigenvalue weighted by molar-refractivity contribution is -0.123. The van der Waals surface area contributed by atoms with Gasteiger partial charge >= 0.3 is 0 Å². The van der Waals surface area contributed by atoms with E-state index < -0.39 is 6.10 Å². The van der Waals surface area contributed by atoms with Crippen LogP contribution in [-0.4, -0.2) is 16.8 Å². The van der Waals surface area contributed by atoms with Gasteiger partial charge in [-0.05, 0) is 24.3 Å². The van der Waals surface area contributed by atoms with Gasteiger partial charge in [0.2, 0.25) is 0 Å². The van der Waals surface area contributed by atoms with Crippen molar-refractivity contribution in [3.8, 4) is 0 Å². The monoisotopic (exact) mass is 257 g/mol. The molecule has 0 fully saturated rings. The Morgan fingerprint density at radius 3 is 3.00 bits per heavy atom. The average Bonchev–Trinajstić information content (AvgIpc) is 2.52. The van der Waals surface area contributed by atoms with Gasteiger partial charge in [0.1, 0.15) is 0 Å². The molecule has 1 heterocycles. The van der Waals surface area contributed by atoms with Crippen molar-refractivity contribution in [2.75, 3.05) is 11.1 Å². The number of hydrogen-bond donors (Lipinski definition) is 2. The number of aliphatic hydroxyl groups excluding tert-OH is 1. The second kappa shape index (κ2) is 4.65. The first-order chi connectivity index (χ1) is 7.63. The Morgan fingerprint density at radius 2 is 2.31 bits per heavy atom. The molecule has 1 unspecified atom stereocenters. The smallest absolute Gasteiger partial charge is 0.257 e. The molecule has 1 aliphatic rings. The van der Waals surface area contributed by atoms with Crippen LogP contribution in [0.4, 0.5) is 5.69 Å². The van der Waals surface area contributed by atoms with Crippen LogP contribution in [0.1, 0.15) is 25.0 Å². The van der Waals surface area contributed by atoms with Crippen LogP contribution in [0.3, 0.4) is 0 Å². The summed E-state index contributed by atoms with van der Waals surface area (Å²) in [4.78, 5) is 12.2. The number of hydrogen-bond acceptors (Lipinski definition) is 3. The van der Waals surface area contributed by atoms with Gasteiger partial charge in [0.25, 0.3) is 5.91 Å². The van der Waals surface area contributed by atoms with Crippen molar-refractivity contribution < 1.29 is 9.90 Å². The number of aliphatic hydroxyl groups is 1. The zero-order valence-electron chi connectivity index (χ0n) is 8.79. The van der Waals surface area contributed by atoms with Crippen molar-refractivity contribution >= 4 is 35.0 Å². The Bertz CT molecular complexity index is 436. The number of benzene rings is 1. The minimum Gasteiger partial charge on any atom is -0.378 e. The van der Waals surface area contributed by atoms with Gasteiger partial charge in [-0.25, -0.2) is 0 Å². The quantitative estimate of drug-likeness (QED) is 0.819. The third-order valence-corrected chi connectivity index (χ3v) is 4.05. The van der Waals surface area contributed by atoms with E-state index in [0.29, 0.717) is 16.3 Å². The second-order valence-electron chi connectivity index (χ2n) is 3.61. The molecule has 1 aromatic rings. The van der Waals surface area contributed by atoms with Crippen LogP contribution in [0.2, 0.25) is 5.02 Å². The number of nitrogens with one attached hydrogen (secondary N) is 1. The van der Waals surface area contributed by atoms with Crippen LogP contribution < -0.4 is 5.32 Å². The summed E-state index contributed by atoms with van der Waals surface area (Å²) in [5, 5.41) is 12.8. The van der Waals surface area contributed by atoms with Crippen molar-refractivity contribution in [2.24, 2.45) is 0 Å². The number of halogens is 1. The highest BCUT2D eigenvalue weighted by molar-refractivity contribution is 7.99. The minimum absolute atomic E-state index is 0.385. The van der Waals surface area contributed by atoms with Crippen molar-refractivity contribution in [1.82, 2.24) is 0 Å². The largest absolute Gasteiger partial charge is 0.378 e. The summed E-state index contributed by atoms with van der Waals surface area (Å²) in [5.41, 5.74) is 1.23. The Kier molecular flexibility index (Phi) is 3.42. The topological polar surface area (TPSA) is 49.3 Å². The average molecular weight is 258 g/mol. The molecule has 0 saturated carbocycles. The van der Waals surface area contributed by atoms with E-state index in [9.17, 15) is 9.90 Å². The molecule has 1 aromatic carbocycles. The third-order valence-electron chi connectivity index (χ3n) is 2.37. The molecular weight excluding hydrogens is 246 g/mol. The summed E-state index contributed by atoms with van der Waals surface area (Å²) < 4.78 is 0. The molecule has 2 rings (SSSR count). The van der Waals surface area contributed by atoms with E-state index in [4.69, 9.17) is 11.6 Å². The van der Waals surface area contributed by atoms with E-state index in [-0.39, 0.29) is 5.91 Å². The molecule has 5 heteroatoms. The molecule has 0 saturated heterocycles. The maximum absolute atomic E-state index is 11.3. The van der Waals surface area contributed by atoms with E-state index in [2.05, 4.69) is 12.2 Å². The maximum atomic E-state index is 11.3. The fourth-order valence-electron chi connectivity index (χ4n) is 1.57. The normalized spacial score (nSPS) is 18.4. The molecule has 0 aliphatic carbocycles. The van der Waals surface area contributed by atoms with Gasteiger partial charge in [-0.1, -0.05) is 18.5 Å². The first kappa shape index (κ1) is 11.8. The molecule has 2 N–H and O–H groups in total. The SMILES string of the molecule is CCCSc1cc2c(cc1Cl)C(O)C(=O)N2. The molecule has 1 amide bonds. The van der Waals surface area contributed by atoms with E-state index in [0.717, 1.165) is 17.1 Å². The number of rotatable bonds is 3. The van der Waals surface area contributed by atoms with Crippen LogP contribution in [0.15, 0.2) is 17.0 Å². The maximum Gasteiger partial charge on any atom is 0.257 e. The van der Waals surface area contributed by atoms with E-state index >= 15 is 0 Å². The molecular formula is C11H12ClNO2S. The predicted octanol–water partition coefficient (Wildman–Crippen LogP) is 2.83. The van der Waals surface area contributed by atoms with Gasteiger partial charge in [0.05, 0.1) is 5.02 Å². The lowest BCUT2D eigenvalue weighted by Crippen LogP contribution is -2.10. The summed E-state index contributed by atoms with van der Waals surface area (Å²) in [6.45, 7) is 2.10. The number of amides is 1. The van der Waals surface area contributed by atoms with Crippen molar-refractivity contribution in [3.05, 3.63) is 22.7 Å². The zero-order valence-corrected chi connectivity index (χ0v) is 10.4. The lowest BCUT2D eigenvalue weighted by atomic mass is 10.1. The lowest BCUT2D eigenvalue weighted by Gasteiger charge is -2.07. The Balaban J connectivity index is 2.33. The first-order valence-electron chi connectivity index (χ1n) is 5.08. The standard InChI is InChI=1S/C11H12ClNO2S/c1-2-3-16-9-5-8-6(4-7(9)12)10(14)11(15)13-8/h4-5,10,14H,2-3H2,1H3,(H,13,15). The third kappa shape index (κ3) is 2.05. The van der Waals surface area contributed by atoms with E-state index in [1.54, 1.807) is 17.8 Å². The Morgan fingerprint density at radius 1 is 1.56 bits per heavy atom. The fraction of sp³-hybridized carbons (Fsp3) is 0.364. The van der Waals surface area contributed by atoms with Gasteiger partial charge in [-0.15, -0.1) is 11.8 Å². The van der Waals surface area contributed by atoms with E-state index in [1.807, 2.05) is 6.07 Å². The molecule has 0 radical (unpaired) electrons. The molecule has 0 spiro atoms. The van der Waals surface area contributed by atoms with Gasteiger partial charge in [0.15, 0.2) is 6.10 Å². The summed E-state index contributed by atoms with van der Waals surface area (Å²) in [6.07, 6.45) is -0.0229. The molecule has 0 bridgehead atoms. The van der Waals surface area contributed by atoms with Gasteiger partial charge in [0, 0.05) is 16.1 Å². The van der Waals surface area contributed by atoms with Gasteiger partial charge < -0.3 is 10.4 Å². The fourth-order valence-corrected chi connectivity index (χ4v) is 2.73. The second-order valence-corrected chi connectivity index (χ2v) is 5.15. The number of carbonyl (C=O) groups is 1. The van der Waals surface area contributed by atoms with Crippen molar-refractivity contribution in [1.29, 1.82) is 0 Å². The number of fused-ring (bicyclic) bond motifs is 1. The van der Waals surface area contributed by atoms with Gasteiger partial charge in [-0.3, -0.25) is 4.79 Å². The molecule has 86 valence electrons. The van der Waals surface area contributed by atoms with Crippen molar-refractivity contribution in [2.45, 2.75) is 24.3 Å². The minimum atomic E-state index is -1.09. The highest BCUT2D eigenvalue weighted by Crippen LogP contribution is 2.38. The predicted molar refractivity (Wildman–Crippen MR) is 66.1 cm³/mol. The summed E-state index contributed by atoms with van der Waals surface area (Å²) in [6, 6.07) is 3.49. The molecule has 16 heavy (non-hydrogen) atoms. The highest BCUT2D eigenvalue weighted by atomic mass is 35.5. The van der Waals surface area contributed by atoms with Gasteiger partial charge in [-0.2, -0.15) is 0 Å². The summed E-state index contributed by atoms with van der Waals surface area (Å²) >= 11 is 7.74. The first-order valence-corrected chi connectivity index (χ1v) is 6.45. The van der Waals surface area contributed by atoms with Crippen LogP contribution in [0, 0.1) is 0 Å². The molecule has 1 atom stereocenters. The molecule has 0 aromatic heterocycles. The number of anilines is 1.